The summed E-state index contributed by atoms with van der Waals surface area (Å²) in [5.41, 5.74) is 9.08. The zero-order valence-corrected chi connectivity index (χ0v) is 14.8. The van der Waals surface area contributed by atoms with E-state index < -0.39 is 6.10 Å². The van der Waals surface area contributed by atoms with E-state index in [0.29, 0.717) is 11.8 Å². The molecule has 3 N–H and O–H groups in total. The van der Waals surface area contributed by atoms with Crippen LogP contribution in [0.2, 0.25) is 0 Å². The first kappa shape index (κ1) is 17.4. The second-order valence-corrected chi connectivity index (χ2v) is 6.49. The normalized spacial score (nSPS) is 12.7. The number of hydrogen-bond donors (Lipinski definition) is 2. The average Bonchev–Trinajstić information content (AvgIpc) is 3.05. The first-order valence-electron chi connectivity index (χ1n) is 8.46. The molecule has 0 bridgehead atoms. The predicted molar refractivity (Wildman–Crippen MR) is 98.6 cm³/mol. The first-order chi connectivity index (χ1) is 12.0. The standard InChI is InChI=1S/C19H24N4O2/c1-12(2)23-10-17-13(3)7-18(21-19(17)22-23)14-5-4-6-16(8-14)25-11-15(24)9-20/h4-8,10,12,15,24H,9,11,20H2,1-3H3. The van der Waals surface area contributed by atoms with Crippen molar-refractivity contribution in [3.05, 3.63) is 42.1 Å². The van der Waals surface area contributed by atoms with Crippen LogP contribution in [0.5, 0.6) is 5.75 Å². The molecule has 3 rings (SSSR count). The number of pyridine rings is 1. The first-order valence-corrected chi connectivity index (χ1v) is 8.46. The number of hydrogen-bond acceptors (Lipinski definition) is 5. The van der Waals surface area contributed by atoms with Crippen molar-refractivity contribution in [1.82, 2.24) is 14.8 Å². The molecule has 0 amide bonds. The van der Waals surface area contributed by atoms with Gasteiger partial charge in [-0.2, -0.15) is 5.10 Å². The van der Waals surface area contributed by atoms with Crippen LogP contribution in [-0.2, 0) is 0 Å². The van der Waals surface area contributed by atoms with Gasteiger partial charge < -0.3 is 15.6 Å². The van der Waals surface area contributed by atoms with Gasteiger partial charge in [0.2, 0.25) is 0 Å². The number of aryl methyl sites for hydroxylation is 1. The Morgan fingerprint density at radius 1 is 1.28 bits per heavy atom. The largest absolute Gasteiger partial charge is 0.491 e. The maximum atomic E-state index is 9.53. The molecule has 132 valence electrons. The fourth-order valence-electron chi connectivity index (χ4n) is 2.59. The highest BCUT2D eigenvalue weighted by molar-refractivity contribution is 5.81. The Balaban J connectivity index is 1.93. The van der Waals surface area contributed by atoms with Gasteiger partial charge >= 0.3 is 0 Å². The minimum absolute atomic E-state index is 0.171. The van der Waals surface area contributed by atoms with Crippen LogP contribution >= 0.6 is 0 Å². The van der Waals surface area contributed by atoms with Gasteiger partial charge in [-0.25, -0.2) is 4.98 Å². The third kappa shape index (κ3) is 3.81. The smallest absolute Gasteiger partial charge is 0.181 e. The highest BCUT2D eigenvalue weighted by Gasteiger charge is 2.11. The van der Waals surface area contributed by atoms with Gasteiger partial charge in [0.15, 0.2) is 5.65 Å². The van der Waals surface area contributed by atoms with E-state index in [1.54, 1.807) is 0 Å². The van der Waals surface area contributed by atoms with Gasteiger partial charge in [-0.1, -0.05) is 12.1 Å². The van der Waals surface area contributed by atoms with E-state index in [9.17, 15) is 5.11 Å². The average molecular weight is 340 g/mol. The monoisotopic (exact) mass is 340 g/mol. The summed E-state index contributed by atoms with van der Waals surface area (Å²) in [6.45, 7) is 6.61. The summed E-state index contributed by atoms with van der Waals surface area (Å²) < 4.78 is 7.53. The van der Waals surface area contributed by atoms with Gasteiger partial charge in [-0.3, -0.25) is 4.68 Å². The molecular weight excluding hydrogens is 316 g/mol. The molecule has 6 nitrogen and oxygen atoms in total. The third-order valence-electron chi connectivity index (χ3n) is 4.09. The molecule has 0 saturated heterocycles. The van der Waals surface area contributed by atoms with Gasteiger partial charge in [-0.15, -0.1) is 0 Å². The molecule has 1 atom stereocenters. The van der Waals surface area contributed by atoms with Crippen molar-refractivity contribution in [1.29, 1.82) is 0 Å². The number of ether oxygens (including phenoxy) is 1. The Labute approximate surface area is 147 Å². The highest BCUT2D eigenvalue weighted by atomic mass is 16.5. The van der Waals surface area contributed by atoms with Crippen molar-refractivity contribution >= 4 is 11.0 Å². The molecular formula is C19H24N4O2. The Kier molecular flexibility index (Phi) is 5.01. The van der Waals surface area contributed by atoms with Crippen LogP contribution in [-0.4, -0.2) is 39.1 Å². The van der Waals surface area contributed by atoms with E-state index in [-0.39, 0.29) is 13.2 Å². The molecule has 0 spiro atoms. The van der Waals surface area contributed by atoms with Crippen molar-refractivity contribution in [2.24, 2.45) is 5.73 Å². The van der Waals surface area contributed by atoms with Crippen LogP contribution in [0.3, 0.4) is 0 Å². The van der Waals surface area contributed by atoms with Crippen molar-refractivity contribution in [2.45, 2.75) is 32.9 Å². The van der Waals surface area contributed by atoms with E-state index in [2.05, 4.69) is 31.9 Å². The number of fused-ring (bicyclic) bond motifs is 1. The molecule has 0 aliphatic carbocycles. The number of nitrogens with two attached hydrogens (primary N) is 1. The molecule has 2 aromatic heterocycles. The summed E-state index contributed by atoms with van der Waals surface area (Å²) in [5, 5.41) is 15.2. The van der Waals surface area contributed by atoms with Gasteiger partial charge in [0.25, 0.3) is 0 Å². The lowest BCUT2D eigenvalue weighted by Gasteiger charge is -2.11. The van der Waals surface area contributed by atoms with E-state index in [4.69, 9.17) is 15.5 Å². The molecule has 0 aliphatic rings. The number of aliphatic hydroxyl groups is 1. The topological polar surface area (TPSA) is 86.2 Å². The summed E-state index contributed by atoms with van der Waals surface area (Å²) >= 11 is 0. The SMILES string of the molecule is Cc1cc(-c2cccc(OCC(O)CN)c2)nc2nn(C(C)C)cc12. The molecule has 3 aromatic rings. The van der Waals surface area contributed by atoms with Crippen LogP contribution in [0.4, 0.5) is 0 Å². The molecule has 1 unspecified atom stereocenters. The van der Waals surface area contributed by atoms with Crippen LogP contribution in [0, 0.1) is 6.92 Å². The zero-order chi connectivity index (χ0) is 18.0. The van der Waals surface area contributed by atoms with Crippen LogP contribution in [0.25, 0.3) is 22.3 Å². The van der Waals surface area contributed by atoms with E-state index in [0.717, 1.165) is 27.9 Å². The molecule has 0 saturated carbocycles. The fourth-order valence-corrected chi connectivity index (χ4v) is 2.59. The highest BCUT2D eigenvalue weighted by Crippen LogP contribution is 2.27. The van der Waals surface area contributed by atoms with Gasteiger partial charge in [0, 0.05) is 29.7 Å². The lowest BCUT2D eigenvalue weighted by Crippen LogP contribution is -2.26. The van der Waals surface area contributed by atoms with Crippen LogP contribution in [0.15, 0.2) is 36.5 Å². The number of benzene rings is 1. The predicted octanol–water partition coefficient (Wildman–Crippen LogP) is 2.69. The van der Waals surface area contributed by atoms with Gasteiger partial charge in [0.1, 0.15) is 18.5 Å². The van der Waals surface area contributed by atoms with Crippen molar-refractivity contribution in [3.63, 3.8) is 0 Å². The minimum Gasteiger partial charge on any atom is -0.491 e. The maximum absolute atomic E-state index is 9.53. The number of aromatic nitrogens is 3. The van der Waals surface area contributed by atoms with E-state index in [1.807, 2.05) is 35.1 Å². The molecule has 0 fully saturated rings. The minimum atomic E-state index is -0.666. The Hall–Kier alpha value is -2.44. The molecule has 0 radical (unpaired) electrons. The second kappa shape index (κ2) is 7.21. The number of rotatable bonds is 6. The molecule has 2 heterocycles. The fraction of sp³-hybridized carbons (Fsp3) is 0.368. The van der Waals surface area contributed by atoms with Crippen molar-refractivity contribution < 1.29 is 9.84 Å². The van der Waals surface area contributed by atoms with Crippen LogP contribution < -0.4 is 10.5 Å². The molecule has 1 aromatic carbocycles. The van der Waals surface area contributed by atoms with Crippen molar-refractivity contribution in [2.75, 3.05) is 13.2 Å². The summed E-state index contributed by atoms with van der Waals surface area (Å²) in [5.74, 6) is 0.678. The summed E-state index contributed by atoms with van der Waals surface area (Å²) in [6, 6.07) is 10.0. The van der Waals surface area contributed by atoms with Crippen LogP contribution in [0.1, 0.15) is 25.5 Å². The lowest BCUT2D eigenvalue weighted by molar-refractivity contribution is 0.114. The van der Waals surface area contributed by atoms with Gasteiger partial charge in [-0.05, 0) is 44.5 Å². The number of nitrogens with zero attached hydrogens (tertiary/aromatic N) is 3. The summed E-state index contributed by atoms with van der Waals surface area (Å²) in [4.78, 5) is 4.70. The Morgan fingerprint density at radius 2 is 2.08 bits per heavy atom. The maximum Gasteiger partial charge on any atom is 0.181 e. The number of aliphatic hydroxyl groups excluding tert-OH is 1. The van der Waals surface area contributed by atoms with Crippen molar-refractivity contribution in [3.8, 4) is 17.0 Å². The Morgan fingerprint density at radius 3 is 2.80 bits per heavy atom. The zero-order valence-electron chi connectivity index (χ0n) is 14.8. The molecule has 6 heteroatoms. The molecule has 25 heavy (non-hydrogen) atoms. The second-order valence-electron chi connectivity index (χ2n) is 6.49. The van der Waals surface area contributed by atoms with Gasteiger partial charge in [0.05, 0.1) is 5.69 Å². The van der Waals surface area contributed by atoms with E-state index in [1.165, 1.54) is 0 Å². The summed E-state index contributed by atoms with van der Waals surface area (Å²) in [7, 11) is 0. The third-order valence-corrected chi connectivity index (χ3v) is 4.09. The quantitative estimate of drug-likeness (QED) is 0.720. The lowest BCUT2D eigenvalue weighted by atomic mass is 10.1. The summed E-state index contributed by atoms with van der Waals surface area (Å²) in [6.07, 6.45) is 1.38. The van der Waals surface area contributed by atoms with E-state index >= 15 is 0 Å². The Bertz CT molecular complexity index is 873. The molecule has 0 aliphatic heterocycles.